The van der Waals surface area contributed by atoms with Gasteiger partial charge < -0.3 is 9.74 Å². The smallest absolute Gasteiger partial charge is 0.256 e. The molecule has 4 nitrogen and oxygen atoms in total. The summed E-state index contributed by atoms with van der Waals surface area (Å²) in [6, 6.07) is 1.71. The van der Waals surface area contributed by atoms with E-state index < -0.39 is 28.9 Å². The van der Waals surface area contributed by atoms with Crippen LogP contribution in [0.4, 0.5) is 13.2 Å². The molecule has 1 amide bonds. The fourth-order valence-corrected chi connectivity index (χ4v) is 2.30. The summed E-state index contributed by atoms with van der Waals surface area (Å²) in [5.74, 6) is 0.234. The summed E-state index contributed by atoms with van der Waals surface area (Å²) in [6.07, 6.45) is 1.35. The fourth-order valence-electron chi connectivity index (χ4n) is 2.30. The van der Waals surface area contributed by atoms with Gasteiger partial charge in [0.05, 0.1) is 12.2 Å². The minimum absolute atomic E-state index is 0.249. The Balaban J connectivity index is 2.08. The number of nitrogens with two attached hydrogens (primary N) is 1. The lowest BCUT2D eigenvalue weighted by Gasteiger charge is -2.31. The molecule has 1 aliphatic rings. The Hall–Kier alpha value is -1.60. The molecular weight excluding hydrogens is 273 g/mol. The number of piperidine rings is 1. The fraction of sp³-hybridized carbons (Fsp3) is 0.462. The van der Waals surface area contributed by atoms with Crippen molar-refractivity contribution in [2.24, 2.45) is 11.8 Å². The third kappa shape index (κ3) is 2.94. The summed E-state index contributed by atoms with van der Waals surface area (Å²) in [6.45, 7) is 1.22. The molecule has 0 bridgehead atoms. The highest BCUT2D eigenvalue weighted by Crippen LogP contribution is 2.21. The minimum atomic E-state index is -1.62. The molecule has 110 valence electrons. The van der Waals surface area contributed by atoms with Crippen molar-refractivity contribution in [3.63, 3.8) is 0 Å². The largest absolute Gasteiger partial charge is 0.339 e. The lowest BCUT2D eigenvalue weighted by molar-refractivity contribution is 0.0521. The van der Waals surface area contributed by atoms with Crippen molar-refractivity contribution in [3.8, 4) is 0 Å². The summed E-state index contributed by atoms with van der Waals surface area (Å²) in [4.78, 5) is 18.1. The van der Waals surface area contributed by atoms with Crippen LogP contribution in [-0.2, 0) is 4.84 Å². The van der Waals surface area contributed by atoms with E-state index in [0.717, 1.165) is 12.1 Å². The zero-order valence-corrected chi connectivity index (χ0v) is 10.7. The Bertz CT molecular complexity index is 503. The lowest BCUT2D eigenvalue weighted by Crippen LogP contribution is -2.40. The highest BCUT2D eigenvalue weighted by Gasteiger charge is 2.27. The van der Waals surface area contributed by atoms with Crippen LogP contribution < -0.4 is 5.90 Å². The van der Waals surface area contributed by atoms with Crippen LogP contribution in [0.15, 0.2) is 12.1 Å². The van der Waals surface area contributed by atoms with Gasteiger partial charge in [-0.1, -0.05) is 0 Å². The number of rotatable bonds is 3. The van der Waals surface area contributed by atoms with E-state index in [-0.39, 0.29) is 5.92 Å². The molecule has 0 aromatic heterocycles. The van der Waals surface area contributed by atoms with E-state index in [2.05, 4.69) is 4.84 Å². The Labute approximate surface area is 114 Å². The second-order valence-electron chi connectivity index (χ2n) is 4.79. The van der Waals surface area contributed by atoms with Gasteiger partial charge in [0.2, 0.25) is 0 Å². The van der Waals surface area contributed by atoms with Gasteiger partial charge in [0.25, 0.3) is 5.91 Å². The van der Waals surface area contributed by atoms with Gasteiger partial charge in [-0.05, 0) is 30.9 Å². The lowest BCUT2D eigenvalue weighted by atomic mass is 9.97. The van der Waals surface area contributed by atoms with E-state index in [4.69, 9.17) is 5.90 Å². The first-order chi connectivity index (χ1) is 9.54. The molecule has 1 fully saturated rings. The first-order valence-corrected chi connectivity index (χ1v) is 6.29. The Kier molecular flexibility index (Phi) is 4.61. The van der Waals surface area contributed by atoms with Crippen molar-refractivity contribution in [2.45, 2.75) is 12.8 Å². The number of carbonyl (C=O) groups is 1. The first kappa shape index (κ1) is 14.8. The Morgan fingerprint density at radius 1 is 1.25 bits per heavy atom. The van der Waals surface area contributed by atoms with Gasteiger partial charge in [-0.3, -0.25) is 4.79 Å². The summed E-state index contributed by atoms with van der Waals surface area (Å²) in [5, 5.41) is 0. The Morgan fingerprint density at radius 3 is 2.50 bits per heavy atom. The molecule has 2 N–H and O–H groups in total. The van der Waals surface area contributed by atoms with Crippen LogP contribution in [0.5, 0.6) is 0 Å². The van der Waals surface area contributed by atoms with Crippen molar-refractivity contribution in [2.75, 3.05) is 19.7 Å². The molecule has 0 radical (unpaired) electrons. The van der Waals surface area contributed by atoms with E-state index >= 15 is 0 Å². The summed E-state index contributed by atoms with van der Waals surface area (Å²) in [5.41, 5.74) is -0.447. The molecule has 1 aromatic rings. The number of hydrogen-bond donors (Lipinski definition) is 1. The number of carbonyl (C=O) groups excluding carboxylic acids is 1. The minimum Gasteiger partial charge on any atom is -0.339 e. The summed E-state index contributed by atoms with van der Waals surface area (Å²) < 4.78 is 39.5. The average Bonchev–Trinajstić information content (AvgIpc) is 2.45. The molecule has 0 unspecified atom stereocenters. The molecule has 1 saturated heterocycles. The van der Waals surface area contributed by atoms with Crippen LogP contribution in [0.1, 0.15) is 23.2 Å². The van der Waals surface area contributed by atoms with Gasteiger partial charge in [0.1, 0.15) is 0 Å². The quantitative estimate of drug-likeness (QED) is 0.682. The number of likely N-dealkylation sites (tertiary alicyclic amines) is 1. The molecule has 20 heavy (non-hydrogen) atoms. The van der Waals surface area contributed by atoms with Gasteiger partial charge in [-0.25, -0.2) is 19.1 Å². The number of halogens is 3. The predicted molar refractivity (Wildman–Crippen MR) is 65.1 cm³/mol. The molecule has 1 heterocycles. The van der Waals surface area contributed by atoms with Crippen LogP contribution >= 0.6 is 0 Å². The van der Waals surface area contributed by atoms with Crippen molar-refractivity contribution in [3.05, 3.63) is 35.1 Å². The number of nitrogens with zero attached hydrogens (tertiary/aromatic N) is 1. The molecule has 0 spiro atoms. The number of benzene rings is 1. The maximum absolute atomic E-state index is 13.6. The molecule has 0 saturated carbocycles. The third-order valence-corrected chi connectivity index (χ3v) is 3.50. The van der Waals surface area contributed by atoms with Crippen molar-refractivity contribution >= 4 is 5.91 Å². The molecular formula is C13H15F3N2O2. The molecule has 7 heteroatoms. The van der Waals surface area contributed by atoms with Gasteiger partial charge >= 0.3 is 0 Å². The Morgan fingerprint density at radius 2 is 1.90 bits per heavy atom. The topological polar surface area (TPSA) is 55.6 Å². The average molecular weight is 288 g/mol. The van der Waals surface area contributed by atoms with E-state index in [1.165, 1.54) is 4.90 Å². The van der Waals surface area contributed by atoms with E-state index in [1.54, 1.807) is 0 Å². The van der Waals surface area contributed by atoms with Gasteiger partial charge in [-0.15, -0.1) is 0 Å². The van der Waals surface area contributed by atoms with Gasteiger partial charge in [-0.2, -0.15) is 0 Å². The highest BCUT2D eigenvalue weighted by molar-refractivity contribution is 5.94. The molecule has 0 aliphatic carbocycles. The van der Waals surface area contributed by atoms with Crippen LogP contribution in [0.3, 0.4) is 0 Å². The molecule has 1 aromatic carbocycles. The first-order valence-electron chi connectivity index (χ1n) is 6.29. The SMILES string of the molecule is NOCC1CCN(C(=O)c2ccc(F)c(F)c2F)CC1. The molecule has 2 rings (SSSR count). The zero-order chi connectivity index (χ0) is 14.7. The van der Waals surface area contributed by atoms with Gasteiger partial charge in [0, 0.05) is 13.1 Å². The normalized spacial score (nSPS) is 16.5. The van der Waals surface area contributed by atoms with Crippen molar-refractivity contribution in [1.82, 2.24) is 4.90 Å². The van der Waals surface area contributed by atoms with E-state index in [0.29, 0.717) is 32.5 Å². The highest BCUT2D eigenvalue weighted by atomic mass is 19.2. The maximum Gasteiger partial charge on any atom is 0.256 e. The van der Waals surface area contributed by atoms with Crippen LogP contribution in [0.2, 0.25) is 0 Å². The van der Waals surface area contributed by atoms with Crippen molar-refractivity contribution < 1.29 is 22.8 Å². The number of hydrogen-bond acceptors (Lipinski definition) is 3. The standard InChI is InChI=1S/C13H15F3N2O2/c14-10-2-1-9(11(15)12(10)16)13(19)18-5-3-8(4-6-18)7-20-17/h1-2,8H,3-7,17H2. The summed E-state index contributed by atoms with van der Waals surface area (Å²) >= 11 is 0. The van der Waals surface area contributed by atoms with E-state index in [1.807, 2.05) is 0 Å². The second-order valence-corrected chi connectivity index (χ2v) is 4.79. The van der Waals surface area contributed by atoms with Crippen molar-refractivity contribution in [1.29, 1.82) is 0 Å². The number of amides is 1. The van der Waals surface area contributed by atoms with Crippen LogP contribution in [0, 0.1) is 23.4 Å². The predicted octanol–water partition coefficient (Wildman–Crippen LogP) is 1.85. The summed E-state index contributed by atoms with van der Waals surface area (Å²) in [7, 11) is 0. The zero-order valence-electron chi connectivity index (χ0n) is 10.7. The van der Waals surface area contributed by atoms with E-state index in [9.17, 15) is 18.0 Å². The molecule has 1 aliphatic heterocycles. The third-order valence-electron chi connectivity index (χ3n) is 3.50. The molecule has 0 atom stereocenters. The van der Waals surface area contributed by atoms with Crippen LogP contribution in [0.25, 0.3) is 0 Å². The second kappa shape index (κ2) is 6.23. The maximum atomic E-state index is 13.6. The van der Waals surface area contributed by atoms with Gasteiger partial charge in [0.15, 0.2) is 17.5 Å². The monoisotopic (exact) mass is 288 g/mol. The van der Waals surface area contributed by atoms with Crippen LogP contribution in [-0.4, -0.2) is 30.5 Å².